The molecule has 0 bridgehead atoms. The molecule has 2 aliphatic rings. The zero-order valence-corrected chi connectivity index (χ0v) is 17.2. The van der Waals surface area contributed by atoms with Crippen molar-refractivity contribution in [3.8, 4) is 0 Å². The number of carbonyl (C=O) groups is 5. The van der Waals surface area contributed by atoms with Gasteiger partial charge < -0.3 is 5.32 Å². The van der Waals surface area contributed by atoms with Gasteiger partial charge in [-0.1, -0.05) is 29.8 Å². The number of amides is 6. The largest absolute Gasteiger partial charge is 0.339 e. The van der Waals surface area contributed by atoms with Crippen molar-refractivity contribution in [3.63, 3.8) is 0 Å². The number of carbonyl (C=O) groups excluding carboxylic acids is 5. The van der Waals surface area contributed by atoms with Crippen LogP contribution in [0.4, 0.5) is 21.9 Å². The number of hydrogen-bond acceptors (Lipinski definition) is 5. The quantitative estimate of drug-likeness (QED) is 0.604. The van der Waals surface area contributed by atoms with E-state index in [1.54, 1.807) is 62.4 Å². The van der Waals surface area contributed by atoms with E-state index >= 15 is 0 Å². The van der Waals surface area contributed by atoms with E-state index < -0.39 is 41.7 Å². The predicted octanol–water partition coefficient (Wildman–Crippen LogP) is 2.05. The lowest BCUT2D eigenvalue weighted by molar-refractivity contribution is -0.140. The van der Waals surface area contributed by atoms with Gasteiger partial charge in [0.2, 0.25) is 11.8 Å². The first kappa shape index (κ1) is 20.3. The molecule has 158 valence electrons. The molecule has 31 heavy (non-hydrogen) atoms. The number of anilines is 3. The zero-order chi connectivity index (χ0) is 22.5. The number of urea groups is 1. The van der Waals surface area contributed by atoms with Gasteiger partial charge in [0.15, 0.2) is 0 Å². The maximum atomic E-state index is 13.2. The summed E-state index contributed by atoms with van der Waals surface area (Å²) in [5.74, 6) is -3.19. The summed E-state index contributed by atoms with van der Waals surface area (Å²) in [7, 11) is 0. The number of nitrogens with one attached hydrogen (secondary N) is 1. The summed E-state index contributed by atoms with van der Waals surface area (Å²) < 4.78 is 0. The minimum absolute atomic E-state index is 0.243. The molecule has 9 heteroatoms. The van der Waals surface area contributed by atoms with Gasteiger partial charge in [-0.15, -0.1) is 0 Å². The van der Waals surface area contributed by atoms with Gasteiger partial charge in [-0.3, -0.25) is 24.1 Å². The molecule has 1 N–H and O–H groups in total. The van der Waals surface area contributed by atoms with Crippen LogP contribution in [-0.4, -0.2) is 46.6 Å². The Bertz CT molecular complexity index is 1140. The standard InChI is InChI=1S/C22H20N4O5/c1-13-8-10-14(11-9-13)25-19(29)18(28)24(21(25)31)12-17(27)26-16-7-5-4-6-15(16)23-20(30)22(26,2)3/h4-11H,12H2,1-3H3,(H,23,30). The highest BCUT2D eigenvalue weighted by atomic mass is 16.2. The van der Waals surface area contributed by atoms with Crippen molar-refractivity contribution in [2.45, 2.75) is 26.3 Å². The number of rotatable bonds is 3. The Morgan fingerprint density at radius 3 is 2.26 bits per heavy atom. The van der Waals surface area contributed by atoms with E-state index in [1.807, 2.05) is 6.92 Å². The van der Waals surface area contributed by atoms with Gasteiger partial charge >= 0.3 is 17.8 Å². The second-order valence-electron chi connectivity index (χ2n) is 7.91. The Morgan fingerprint density at radius 2 is 1.58 bits per heavy atom. The third-order valence-corrected chi connectivity index (χ3v) is 5.40. The lowest BCUT2D eigenvalue weighted by atomic mass is 9.96. The highest BCUT2D eigenvalue weighted by Gasteiger charge is 2.49. The zero-order valence-electron chi connectivity index (χ0n) is 17.2. The van der Waals surface area contributed by atoms with E-state index in [-0.39, 0.29) is 5.69 Å². The third kappa shape index (κ3) is 3.14. The molecule has 2 aromatic rings. The summed E-state index contributed by atoms with van der Waals surface area (Å²) in [4.78, 5) is 66.3. The van der Waals surface area contributed by atoms with Crippen molar-refractivity contribution >= 4 is 46.7 Å². The van der Waals surface area contributed by atoms with E-state index in [4.69, 9.17) is 0 Å². The molecule has 0 aromatic heterocycles. The van der Waals surface area contributed by atoms with Gasteiger partial charge in [-0.05, 0) is 45.0 Å². The van der Waals surface area contributed by atoms with Crippen LogP contribution < -0.4 is 15.1 Å². The molecule has 6 amide bonds. The fourth-order valence-electron chi connectivity index (χ4n) is 3.67. The molecule has 1 fully saturated rings. The fraction of sp³-hybridized carbons (Fsp3) is 0.227. The van der Waals surface area contributed by atoms with Crippen LogP contribution >= 0.6 is 0 Å². The van der Waals surface area contributed by atoms with E-state index in [0.717, 1.165) is 10.5 Å². The first-order valence-corrected chi connectivity index (χ1v) is 9.63. The second kappa shape index (κ2) is 7.05. The van der Waals surface area contributed by atoms with Gasteiger partial charge in [0.1, 0.15) is 12.1 Å². The molecule has 2 aromatic carbocycles. The number of para-hydroxylation sites is 2. The summed E-state index contributed by atoms with van der Waals surface area (Å²) in [5, 5.41) is 2.74. The van der Waals surface area contributed by atoms with Gasteiger partial charge in [-0.25, -0.2) is 14.6 Å². The lowest BCUT2D eigenvalue weighted by Gasteiger charge is -2.42. The van der Waals surface area contributed by atoms with Crippen molar-refractivity contribution in [1.29, 1.82) is 0 Å². The Morgan fingerprint density at radius 1 is 0.935 bits per heavy atom. The Balaban J connectivity index is 1.64. The summed E-state index contributed by atoms with van der Waals surface area (Å²) >= 11 is 0. The van der Waals surface area contributed by atoms with E-state index in [2.05, 4.69) is 5.32 Å². The normalized spacial score (nSPS) is 17.7. The summed E-state index contributed by atoms with van der Waals surface area (Å²) in [6.07, 6.45) is 0. The maximum Gasteiger partial charge on any atom is 0.339 e. The highest BCUT2D eigenvalue weighted by molar-refractivity contribution is 6.53. The second-order valence-corrected chi connectivity index (χ2v) is 7.91. The van der Waals surface area contributed by atoms with E-state index in [9.17, 15) is 24.0 Å². The fourth-order valence-corrected chi connectivity index (χ4v) is 3.67. The van der Waals surface area contributed by atoms with Crippen LogP contribution in [-0.2, 0) is 19.2 Å². The van der Waals surface area contributed by atoms with Gasteiger partial charge in [0.05, 0.1) is 17.1 Å². The Kier molecular flexibility index (Phi) is 4.61. The molecule has 2 heterocycles. The molecule has 0 spiro atoms. The van der Waals surface area contributed by atoms with Gasteiger partial charge in [-0.2, -0.15) is 0 Å². The van der Waals surface area contributed by atoms with Crippen molar-refractivity contribution < 1.29 is 24.0 Å². The molecule has 0 atom stereocenters. The van der Waals surface area contributed by atoms with E-state index in [0.29, 0.717) is 16.3 Å². The van der Waals surface area contributed by atoms with Crippen molar-refractivity contribution in [2.75, 3.05) is 21.7 Å². The first-order valence-electron chi connectivity index (χ1n) is 9.63. The smallest absolute Gasteiger partial charge is 0.322 e. The number of hydrogen-bond donors (Lipinski definition) is 1. The molecular weight excluding hydrogens is 400 g/mol. The number of nitrogens with zero attached hydrogens (tertiary/aromatic N) is 3. The van der Waals surface area contributed by atoms with Crippen LogP contribution in [0.5, 0.6) is 0 Å². The van der Waals surface area contributed by atoms with Crippen LogP contribution in [0.15, 0.2) is 48.5 Å². The monoisotopic (exact) mass is 420 g/mol. The summed E-state index contributed by atoms with van der Waals surface area (Å²) in [5.41, 5.74) is 0.782. The molecule has 9 nitrogen and oxygen atoms in total. The average molecular weight is 420 g/mol. The molecule has 0 radical (unpaired) electrons. The number of aryl methyl sites for hydroxylation is 1. The van der Waals surface area contributed by atoms with Crippen molar-refractivity contribution in [1.82, 2.24) is 4.90 Å². The molecule has 0 aliphatic carbocycles. The van der Waals surface area contributed by atoms with Gasteiger partial charge in [0.25, 0.3) is 0 Å². The van der Waals surface area contributed by atoms with Crippen molar-refractivity contribution in [2.24, 2.45) is 0 Å². The minimum Gasteiger partial charge on any atom is -0.322 e. The molecule has 4 rings (SSSR count). The predicted molar refractivity (Wildman–Crippen MR) is 112 cm³/mol. The van der Waals surface area contributed by atoms with Crippen molar-refractivity contribution in [3.05, 3.63) is 54.1 Å². The molecule has 0 unspecified atom stereocenters. The molecule has 1 saturated heterocycles. The highest BCUT2D eigenvalue weighted by Crippen LogP contribution is 2.37. The SMILES string of the molecule is Cc1ccc(N2C(=O)C(=O)N(CC(=O)N3c4ccccc4NC(=O)C3(C)C)C2=O)cc1. The summed E-state index contributed by atoms with van der Waals surface area (Å²) in [6, 6.07) is 12.4. The average Bonchev–Trinajstić information content (AvgIpc) is 2.93. The van der Waals surface area contributed by atoms with Crippen LogP contribution in [0.2, 0.25) is 0 Å². The van der Waals surface area contributed by atoms with Crippen LogP contribution in [0.25, 0.3) is 0 Å². The maximum absolute atomic E-state index is 13.2. The summed E-state index contributed by atoms with van der Waals surface area (Å²) in [6.45, 7) is 4.31. The van der Waals surface area contributed by atoms with Crippen LogP contribution in [0, 0.1) is 6.92 Å². The van der Waals surface area contributed by atoms with Crippen LogP contribution in [0.1, 0.15) is 19.4 Å². The van der Waals surface area contributed by atoms with Crippen LogP contribution in [0.3, 0.4) is 0 Å². The van der Waals surface area contributed by atoms with Gasteiger partial charge in [0, 0.05) is 0 Å². The number of benzene rings is 2. The first-order chi connectivity index (χ1) is 14.6. The topological polar surface area (TPSA) is 107 Å². The lowest BCUT2D eigenvalue weighted by Crippen LogP contribution is -2.60. The number of fused-ring (bicyclic) bond motifs is 1. The number of imide groups is 2. The molecule has 2 aliphatic heterocycles. The third-order valence-electron chi connectivity index (χ3n) is 5.40. The Labute approximate surface area is 178 Å². The Hall–Kier alpha value is -4.01. The molecule has 0 saturated carbocycles. The minimum atomic E-state index is -1.27. The molecular formula is C22H20N4O5. The van der Waals surface area contributed by atoms with E-state index in [1.165, 1.54) is 4.90 Å².